The average molecular weight is 153 g/mol. The van der Waals surface area contributed by atoms with Crippen molar-refractivity contribution in [3.05, 3.63) is 24.3 Å². The Kier molecular flexibility index (Phi) is 2.68. The van der Waals surface area contributed by atoms with Gasteiger partial charge in [-0.25, -0.2) is 9.97 Å². The van der Waals surface area contributed by atoms with Gasteiger partial charge < -0.3 is 0 Å². The van der Waals surface area contributed by atoms with Gasteiger partial charge in [-0.2, -0.15) is 0 Å². The number of aromatic nitrogens is 2. The highest BCUT2D eigenvalue weighted by Gasteiger charge is 2.03. The summed E-state index contributed by atoms with van der Waals surface area (Å²) in [5.41, 5.74) is 0. The number of hydrogen-bond acceptors (Lipinski definition) is 2. The van der Waals surface area contributed by atoms with Gasteiger partial charge in [-0.3, -0.25) is 0 Å². The minimum atomic E-state index is 0.302. The monoisotopic (exact) mass is 153 g/mol. The molecule has 0 saturated heterocycles. The van der Waals surface area contributed by atoms with Gasteiger partial charge in [0.25, 0.3) is 0 Å². The third-order valence-corrected chi connectivity index (χ3v) is 1.78. The molecule has 53 valence electrons. The molecule has 0 amide bonds. The lowest BCUT2D eigenvalue weighted by molar-refractivity contribution is 0.786. The van der Waals surface area contributed by atoms with Gasteiger partial charge in [0.2, 0.25) is 0 Å². The summed E-state index contributed by atoms with van der Waals surface area (Å²) in [6.07, 6.45) is 3.48. The molecule has 1 radical (unpaired) electrons. The molecule has 1 rings (SSSR count). The number of rotatable bonds is 2. The Labute approximate surface area is 66.1 Å². The lowest BCUT2D eigenvalue weighted by atomic mass is 10.2. The quantitative estimate of drug-likeness (QED) is 0.647. The van der Waals surface area contributed by atoms with E-state index in [2.05, 4.69) is 9.97 Å². The summed E-state index contributed by atoms with van der Waals surface area (Å²) in [5.74, 6) is 1.83. The van der Waals surface area contributed by atoms with Crippen molar-refractivity contribution in [3.63, 3.8) is 0 Å². The Balaban J connectivity index is 2.75. The molecule has 0 aliphatic heterocycles. The molecule has 10 heavy (non-hydrogen) atoms. The van der Waals surface area contributed by atoms with Crippen LogP contribution in [-0.4, -0.2) is 15.7 Å². The number of nitrogens with zero attached hydrogens (tertiary/aromatic N) is 2. The van der Waals surface area contributed by atoms with Crippen LogP contribution in [0.15, 0.2) is 18.5 Å². The zero-order valence-electron chi connectivity index (χ0n) is 5.82. The molecular formula is C7H9N2S. The molecular weight excluding hydrogens is 144 g/mol. The van der Waals surface area contributed by atoms with Crippen molar-refractivity contribution in [2.45, 2.75) is 12.8 Å². The summed E-state index contributed by atoms with van der Waals surface area (Å²) >= 11 is 4.88. The van der Waals surface area contributed by atoms with E-state index >= 15 is 0 Å². The first-order valence-corrected chi connectivity index (χ1v) is 3.77. The highest BCUT2D eigenvalue weighted by molar-refractivity contribution is 7.80. The lowest BCUT2D eigenvalue weighted by Gasteiger charge is -2.02. The first kappa shape index (κ1) is 7.54. The first-order chi connectivity index (χ1) is 4.84. The van der Waals surface area contributed by atoms with Crippen LogP contribution in [0.2, 0.25) is 0 Å². The largest absolute Gasteiger partial charge is 0.241 e. The van der Waals surface area contributed by atoms with E-state index in [1.54, 1.807) is 18.5 Å². The van der Waals surface area contributed by atoms with E-state index in [1.807, 2.05) is 6.92 Å². The zero-order valence-corrected chi connectivity index (χ0v) is 6.64. The van der Waals surface area contributed by atoms with Crippen molar-refractivity contribution in [2.75, 3.05) is 5.75 Å². The SMILES string of the molecule is CC(C[S])c1ncccn1. The van der Waals surface area contributed by atoms with Crippen LogP contribution in [0, 0.1) is 0 Å². The molecule has 0 saturated carbocycles. The molecule has 0 fully saturated rings. The third-order valence-electron chi connectivity index (χ3n) is 1.28. The second-order valence-electron chi connectivity index (χ2n) is 2.17. The lowest BCUT2D eigenvalue weighted by Crippen LogP contribution is -2.00. The molecule has 1 aromatic heterocycles. The van der Waals surface area contributed by atoms with Crippen molar-refractivity contribution >= 4 is 12.6 Å². The molecule has 1 aromatic rings. The van der Waals surface area contributed by atoms with E-state index in [0.29, 0.717) is 11.7 Å². The fourth-order valence-electron chi connectivity index (χ4n) is 0.640. The van der Waals surface area contributed by atoms with Gasteiger partial charge in [0.1, 0.15) is 5.82 Å². The van der Waals surface area contributed by atoms with Gasteiger partial charge in [-0.15, -0.1) is 0 Å². The fourth-order valence-corrected chi connectivity index (χ4v) is 0.789. The second-order valence-corrected chi connectivity index (χ2v) is 2.51. The predicted octanol–water partition coefficient (Wildman–Crippen LogP) is 1.78. The molecule has 1 heterocycles. The van der Waals surface area contributed by atoms with Crippen LogP contribution in [-0.2, 0) is 0 Å². The molecule has 2 nitrogen and oxygen atoms in total. The van der Waals surface area contributed by atoms with Gasteiger partial charge in [-0.1, -0.05) is 19.6 Å². The van der Waals surface area contributed by atoms with Gasteiger partial charge in [0.15, 0.2) is 0 Å². The normalized spacial score (nSPS) is 13.0. The van der Waals surface area contributed by atoms with Crippen LogP contribution in [0.1, 0.15) is 18.7 Å². The molecule has 0 bridgehead atoms. The van der Waals surface area contributed by atoms with Crippen LogP contribution in [0.4, 0.5) is 0 Å². The molecule has 3 heteroatoms. The van der Waals surface area contributed by atoms with Crippen molar-refractivity contribution in [3.8, 4) is 0 Å². The van der Waals surface area contributed by atoms with E-state index in [0.717, 1.165) is 5.82 Å². The Morgan fingerprint density at radius 2 is 2.10 bits per heavy atom. The highest BCUT2D eigenvalue weighted by Crippen LogP contribution is 2.09. The van der Waals surface area contributed by atoms with E-state index in [9.17, 15) is 0 Å². The average Bonchev–Trinajstić information content (AvgIpc) is 2.05. The summed E-state index contributed by atoms with van der Waals surface area (Å²) in [7, 11) is 0. The summed E-state index contributed by atoms with van der Waals surface area (Å²) < 4.78 is 0. The minimum absolute atomic E-state index is 0.302. The maximum Gasteiger partial charge on any atom is 0.131 e. The Hall–Kier alpha value is -0.570. The molecule has 1 atom stereocenters. The van der Waals surface area contributed by atoms with E-state index in [-0.39, 0.29) is 0 Å². The number of hydrogen-bond donors (Lipinski definition) is 0. The van der Waals surface area contributed by atoms with Gasteiger partial charge in [-0.05, 0) is 6.07 Å². The molecule has 0 aliphatic rings. The Bertz CT molecular complexity index is 188. The van der Waals surface area contributed by atoms with Gasteiger partial charge >= 0.3 is 0 Å². The summed E-state index contributed by atoms with van der Waals surface area (Å²) in [5, 5.41) is 0. The van der Waals surface area contributed by atoms with Crippen LogP contribution in [0.3, 0.4) is 0 Å². The van der Waals surface area contributed by atoms with E-state index < -0.39 is 0 Å². The predicted molar refractivity (Wildman–Crippen MR) is 42.9 cm³/mol. The van der Waals surface area contributed by atoms with Crippen molar-refractivity contribution in [1.82, 2.24) is 9.97 Å². The third kappa shape index (κ3) is 1.70. The van der Waals surface area contributed by atoms with Crippen LogP contribution in [0.25, 0.3) is 0 Å². The van der Waals surface area contributed by atoms with Crippen molar-refractivity contribution in [2.24, 2.45) is 0 Å². The van der Waals surface area contributed by atoms with Crippen LogP contribution >= 0.6 is 12.6 Å². The van der Waals surface area contributed by atoms with E-state index in [1.165, 1.54) is 0 Å². The standard InChI is InChI=1S/C7H9N2S/c1-6(5-10)7-8-3-2-4-9-7/h2-4,6H,5H2,1H3. The first-order valence-electron chi connectivity index (χ1n) is 3.19. The second kappa shape index (κ2) is 3.56. The molecule has 0 N–H and O–H groups in total. The summed E-state index contributed by atoms with van der Waals surface area (Å²) in [4.78, 5) is 8.14. The van der Waals surface area contributed by atoms with Crippen LogP contribution < -0.4 is 0 Å². The zero-order chi connectivity index (χ0) is 7.40. The Morgan fingerprint density at radius 3 is 2.60 bits per heavy atom. The Morgan fingerprint density at radius 1 is 1.50 bits per heavy atom. The smallest absolute Gasteiger partial charge is 0.131 e. The molecule has 1 unspecified atom stereocenters. The maximum absolute atomic E-state index is 4.88. The molecule has 0 aliphatic carbocycles. The summed E-state index contributed by atoms with van der Waals surface area (Å²) in [6.45, 7) is 2.03. The van der Waals surface area contributed by atoms with Crippen molar-refractivity contribution < 1.29 is 0 Å². The van der Waals surface area contributed by atoms with Gasteiger partial charge in [0.05, 0.1) is 0 Å². The highest BCUT2D eigenvalue weighted by atomic mass is 32.1. The maximum atomic E-state index is 4.88. The summed E-state index contributed by atoms with van der Waals surface area (Å²) in [6, 6.07) is 1.81. The van der Waals surface area contributed by atoms with Gasteiger partial charge in [0, 0.05) is 24.1 Å². The molecule has 0 spiro atoms. The molecule has 0 aromatic carbocycles. The topological polar surface area (TPSA) is 25.8 Å². The van der Waals surface area contributed by atoms with Crippen LogP contribution in [0.5, 0.6) is 0 Å². The van der Waals surface area contributed by atoms with Crippen molar-refractivity contribution in [1.29, 1.82) is 0 Å². The fraction of sp³-hybridized carbons (Fsp3) is 0.429. The minimum Gasteiger partial charge on any atom is -0.241 e. The van der Waals surface area contributed by atoms with E-state index in [4.69, 9.17) is 12.6 Å².